The summed E-state index contributed by atoms with van der Waals surface area (Å²) < 4.78 is 16.0. The summed E-state index contributed by atoms with van der Waals surface area (Å²) in [5.74, 6) is 1.26. The van der Waals surface area contributed by atoms with E-state index in [1.807, 2.05) is 37.4 Å². The van der Waals surface area contributed by atoms with Gasteiger partial charge in [-0.15, -0.1) is 11.3 Å². The van der Waals surface area contributed by atoms with Gasteiger partial charge in [0, 0.05) is 10.9 Å². The van der Waals surface area contributed by atoms with Crippen molar-refractivity contribution in [2.75, 3.05) is 19.1 Å². The summed E-state index contributed by atoms with van der Waals surface area (Å²) in [6.45, 7) is 4.56. The molecule has 0 aliphatic carbocycles. The molecule has 1 aromatic heterocycles. The smallest absolute Gasteiger partial charge is 0.341 e. The van der Waals surface area contributed by atoms with Crippen molar-refractivity contribution in [2.45, 2.75) is 13.8 Å². The summed E-state index contributed by atoms with van der Waals surface area (Å²) in [5.41, 5.74) is 8.00. The number of carbonyl (C=O) groups is 1. The van der Waals surface area contributed by atoms with Gasteiger partial charge in [-0.3, -0.25) is 0 Å². The summed E-state index contributed by atoms with van der Waals surface area (Å²) in [5, 5.41) is 2.32. The first-order valence-corrected chi connectivity index (χ1v) is 7.88. The molecule has 5 nitrogen and oxygen atoms in total. The number of benzene rings is 1. The number of nitrogen functional groups attached to an aromatic ring is 1. The van der Waals surface area contributed by atoms with Crippen LogP contribution in [0.2, 0.25) is 0 Å². The van der Waals surface area contributed by atoms with E-state index in [0.29, 0.717) is 28.7 Å². The van der Waals surface area contributed by atoms with Gasteiger partial charge in [-0.25, -0.2) is 4.79 Å². The van der Waals surface area contributed by atoms with Crippen LogP contribution in [0.4, 0.5) is 5.00 Å². The normalized spacial score (nSPS) is 12.7. The Hall–Kier alpha value is -2.21. The number of hydrogen-bond donors (Lipinski definition) is 1. The zero-order valence-electron chi connectivity index (χ0n) is 12.4. The third kappa shape index (κ3) is 2.74. The fourth-order valence-electron chi connectivity index (χ4n) is 2.17. The maximum Gasteiger partial charge on any atom is 0.341 e. The summed E-state index contributed by atoms with van der Waals surface area (Å²) in [6, 6.07) is 5.56. The topological polar surface area (TPSA) is 70.8 Å². The van der Waals surface area contributed by atoms with Crippen LogP contribution < -0.4 is 15.2 Å². The Balaban J connectivity index is 1.93. The molecule has 22 heavy (non-hydrogen) atoms. The zero-order valence-corrected chi connectivity index (χ0v) is 13.2. The molecule has 0 radical (unpaired) electrons. The number of thiophene rings is 1. The third-order valence-corrected chi connectivity index (χ3v) is 4.07. The van der Waals surface area contributed by atoms with E-state index < -0.39 is 0 Å². The average molecular weight is 319 g/mol. The molecule has 116 valence electrons. The van der Waals surface area contributed by atoms with Gasteiger partial charge in [0.05, 0.1) is 6.61 Å². The third-order valence-electron chi connectivity index (χ3n) is 3.25. The van der Waals surface area contributed by atoms with Crippen LogP contribution in [0.5, 0.6) is 11.5 Å². The Labute approximate surface area is 132 Å². The minimum absolute atomic E-state index is 0.216. The molecule has 0 bridgehead atoms. The Morgan fingerprint density at radius 1 is 1.36 bits per heavy atom. The minimum atomic E-state index is -0.389. The number of fused-ring (bicyclic) bond motifs is 1. The first kappa shape index (κ1) is 14.7. The van der Waals surface area contributed by atoms with Gasteiger partial charge in [0.2, 0.25) is 6.79 Å². The Kier molecular flexibility index (Phi) is 3.94. The fourth-order valence-corrected chi connectivity index (χ4v) is 2.98. The van der Waals surface area contributed by atoms with Crippen molar-refractivity contribution >= 4 is 22.3 Å². The van der Waals surface area contributed by atoms with Gasteiger partial charge in [0.1, 0.15) is 10.6 Å². The molecule has 1 aromatic carbocycles. The standard InChI is InChI=1S/C16H17NO4S/c1-9(2)6-19-16(18)14-11(7-22-15(14)17)10-3-4-12-13(5-10)21-8-20-12/h3-5,7,9H,6,8,17H2,1-2H3. The van der Waals surface area contributed by atoms with Gasteiger partial charge < -0.3 is 19.9 Å². The molecule has 0 spiro atoms. The van der Waals surface area contributed by atoms with Crippen LogP contribution in [-0.4, -0.2) is 19.4 Å². The second-order valence-corrected chi connectivity index (χ2v) is 6.36. The molecule has 2 N–H and O–H groups in total. The van der Waals surface area contributed by atoms with Gasteiger partial charge in [-0.1, -0.05) is 19.9 Å². The molecule has 0 saturated carbocycles. The Morgan fingerprint density at radius 3 is 2.91 bits per heavy atom. The lowest BCUT2D eigenvalue weighted by atomic mass is 10.0. The second kappa shape index (κ2) is 5.88. The van der Waals surface area contributed by atoms with Crippen molar-refractivity contribution in [2.24, 2.45) is 5.92 Å². The first-order chi connectivity index (χ1) is 10.6. The predicted molar refractivity (Wildman–Crippen MR) is 85.4 cm³/mol. The van der Waals surface area contributed by atoms with Crippen LogP contribution in [0, 0.1) is 5.92 Å². The van der Waals surface area contributed by atoms with Gasteiger partial charge >= 0.3 is 5.97 Å². The lowest BCUT2D eigenvalue weighted by Crippen LogP contribution is -2.11. The van der Waals surface area contributed by atoms with Crippen LogP contribution in [-0.2, 0) is 4.74 Å². The molecule has 1 aliphatic heterocycles. The van der Waals surface area contributed by atoms with Gasteiger partial charge in [-0.05, 0) is 23.6 Å². The first-order valence-electron chi connectivity index (χ1n) is 7.00. The number of carbonyl (C=O) groups excluding carboxylic acids is 1. The quantitative estimate of drug-likeness (QED) is 0.873. The van der Waals surface area contributed by atoms with E-state index in [1.54, 1.807) is 0 Å². The van der Waals surface area contributed by atoms with Gasteiger partial charge in [-0.2, -0.15) is 0 Å². The molecular weight excluding hydrogens is 302 g/mol. The van der Waals surface area contributed by atoms with Crippen LogP contribution in [0.3, 0.4) is 0 Å². The van der Waals surface area contributed by atoms with Gasteiger partial charge in [0.25, 0.3) is 0 Å². The van der Waals surface area contributed by atoms with Crippen molar-refractivity contribution in [3.05, 3.63) is 29.1 Å². The van der Waals surface area contributed by atoms with E-state index in [1.165, 1.54) is 11.3 Å². The molecule has 2 heterocycles. The minimum Gasteiger partial charge on any atom is -0.462 e. The van der Waals surface area contributed by atoms with Gasteiger partial charge in [0.15, 0.2) is 11.5 Å². The molecule has 0 unspecified atom stereocenters. The van der Waals surface area contributed by atoms with Crippen LogP contribution in [0.25, 0.3) is 11.1 Å². The Bertz CT molecular complexity index is 708. The summed E-state index contributed by atoms with van der Waals surface area (Å²) in [4.78, 5) is 12.3. The molecule has 0 fully saturated rings. The van der Waals surface area contributed by atoms with Crippen molar-refractivity contribution in [3.8, 4) is 22.6 Å². The SMILES string of the molecule is CC(C)COC(=O)c1c(-c2ccc3c(c2)OCO3)csc1N. The molecule has 1 aliphatic rings. The molecule has 2 aromatic rings. The van der Waals surface area contributed by atoms with E-state index in [9.17, 15) is 4.79 Å². The largest absolute Gasteiger partial charge is 0.462 e. The van der Waals surface area contributed by atoms with E-state index in [4.69, 9.17) is 19.9 Å². The maximum absolute atomic E-state index is 12.3. The second-order valence-electron chi connectivity index (χ2n) is 5.45. The van der Waals surface area contributed by atoms with E-state index in [-0.39, 0.29) is 18.7 Å². The number of esters is 1. The number of ether oxygens (including phenoxy) is 3. The van der Waals surface area contributed by atoms with Crippen molar-refractivity contribution in [1.82, 2.24) is 0 Å². The number of anilines is 1. The van der Waals surface area contributed by atoms with Crippen molar-refractivity contribution in [1.29, 1.82) is 0 Å². The monoisotopic (exact) mass is 319 g/mol. The van der Waals surface area contributed by atoms with Crippen LogP contribution >= 0.6 is 11.3 Å². The van der Waals surface area contributed by atoms with Crippen LogP contribution in [0.15, 0.2) is 23.6 Å². The highest BCUT2D eigenvalue weighted by Crippen LogP contribution is 2.40. The van der Waals surface area contributed by atoms with E-state index in [0.717, 1.165) is 11.1 Å². The number of hydrogen-bond acceptors (Lipinski definition) is 6. The molecule has 0 saturated heterocycles. The molecule has 0 atom stereocenters. The summed E-state index contributed by atoms with van der Waals surface area (Å²) in [7, 11) is 0. The summed E-state index contributed by atoms with van der Waals surface area (Å²) >= 11 is 1.33. The lowest BCUT2D eigenvalue weighted by molar-refractivity contribution is 0.0461. The van der Waals surface area contributed by atoms with Crippen molar-refractivity contribution in [3.63, 3.8) is 0 Å². The molecular formula is C16H17NO4S. The van der Waals surface area contributed by atoms with Crippen molar-refractivity contribution < 1.29 is 19.0 Å². The zero-order chi connectivity index (χ0) is 15.7. The van der Waals surface area contributed by atoms with Crippen LogP contribution in [0.1, 0.15) is 24.2 Å². The summed E-state index contributed by atoms with van der Waals surface area (Å²) in [6.07, 6.45) is 0. The number of rotatable bonds is 4. The maximum atomic E-state index is 12.3. The average Bonchev–Trinajstić information content (AvgIpc) is 3.10. The highest BCUT2D eigenvalue weighted by molar-refractivity contribution is 7.14. The molecule has 6 heteroatoms. The lowest BCUT2D eigenvalue weighted by Gasteiger charge is -2.09. The fraction of sp³-hybridized carbons (Fsp3) is 0.312. The highest BCUT2D eigenvalue weighted by atomic mass is 32.1. The highest BCUT2D eigenvalue weighted by Gasteiger charge is 2.22. The molecule has 3 rings (SSSR count). The molecule has 0 amide bonds. The number of nitrogens with two attached hydrogens (primary N) is 1. The predicted octanol–water partition coefficient (Wildman–Crippen LogP) is 3.54. The van der Waals surface area contributed by atoms with E-state index >= 15 is 0 Å². The van der Waals surface area contributed by atoms with E-state index in [2.05, 4.69) is 0 Å². The Morgan fingerprint density at radius 2 is 2.14 bits per heavy atom.